The fourth-order valence-electron chi connectivity index (χ4n) is 2.64. The predicted octanol–water partition coefficient (Wildman–Crippen LogP) is 1.31. The zero-order valence-corrected chi connectivity index (χ0v) is 13.9. The molecule has 2 unspecified atom stereocenters. The van der Waals surface area contributed by atoms with E-state index in [9.17, 15) is 19.5 Å². The number of aliphatic carboxylic acids is 1. The number of carboxylic acids is 1. The van der Waals surface area contributed by atoms with Crippen LogP contribution in [0.3, 0.4) is 0 Å². The first kappa shape index (κ1) is 16.5. The van der Waals surface area contributed by atoms with Crippen molar-refractivity contribution in [3.63, 3.8) is 0 Å². The maximum atomic E-state index is 12.5. The smallest absolute Gasteiger partial charge is 0.326 e. The molecule has 2 amide bonds. The molecule has 0 fully saturated rings. The SMILES string of the molecule is CC(=O)NC(C)C(=O)N1Cc2cccc(Br)c2CC1C(=O)O. The molecular weight excluding hydrogens is 352 g/mol. The van der Waals surface area contributed by atoms with Crippen molar-refractivity contribution in [1.82, 2.24) is 10.2 Å². The molecule has 22 heavy (non-hydrogen) atoms. The fourth-order valence-corrected chi connectivity index (χ4v) is 3.21. The van der Waals surface area contributed by atoms with Gasteiger partial charge in [-0.2, -0.15) is 0 Å². The van der Waals surface area contributed by atoms with Crippen LogP contribution in [0.4, 0.5) is 0 Å². The average molecular weight is 369 g/mol. The van der Waals surface area contributed by atoms with E-state index in [1.54, 1.807) is 6.92 Å². The lowest BCUT2D eigenvalue weighted by Crippen LogP contribution is -2.54. The number of hydrogen-bond acceptors (Lipinski definition) is 3. The number of amides is 2. The van der Waals surface area contributed by atoms with Crippen molar-refractivity contribution in [2.45, 2.75) is 38.9 Å². The van der Waals surface area contributed by atoms with Gasteiger partial charge in [0.25, 0.3) is 0 Å². The van der Waals surface area contributed by atoms with Gasteiger partial charge in [0.15, 0.2) is 0 Å². The van der Waals surface area contributed by atoms with Crippen LogP contribution in [-0.4, -0.2) is 39.9 Å². The molecule has 7 heteroatoms. The molecule has 118 valence electrons. The Kier molecular flexibility index (Phi) is 4.85. The minimum atomic E-state index is -1.05. The summed E-state index contributed by atoms with van der Waals surface area (Å²) in [6.07, 6.45) is 0.241. The molecule has 2 rings (SSSR count). The van der Waals surface area contributed by atoms with Crippen molar-refractivity contribution in [3.8, 4) is 0 Å². The number of benzene rings is 1. The minimum absolute atomic E-state index is 0.217. The van der Waals surface area contributed by atoms with E-state index in [0.717, 1.165) is 15.6 Å². The van der Waals surface area contributed by atoms with E-state index >= 15 is 0 Å². The zero-order valence-electron chi connectivity index (χ0n) is 12.3. The van der Waals surface area contributed by atoms with Gasteiger partial charge in [0, 0.05) is 24.4 Å². The standard InChI is InChI=1S/C15H17BrN2O4/c1-8(17-9(2)19)14(20)18-7-10-4-3-5-12(16)11(10)6-13(18)15(21)22/h3-5,8,13H,6-7H2,1-2H3,(H,17,19)(H,21,22). The molecule has 0 aliphatic carbocycles. The molecule has 0 bridgehead atoms. The summed E-state index contributed by atoms with van der Waals surface area (Å²) >= 11 is 3.42. The van der Waals surface area contributed by atoms with E-state index in [2.05, 4.69) is 21.2 Å². The highest BCUT2D eigenvalue weighted by Crippen LogP contribution is 2.29. The summed E-state index contributed by atoms with van der Waals surface area (Å²) in [5.41, 5.74) is 1.82. The van der Waals surface area contributed by atoms with Gasteiger partial charge in [-0.3, -0.25) is 9.59 Å². The highest BCUT2D eigenvalue weighted by atomic mass is 79.9. The minimum Gasteiger partial charge on any atom is -0.480 e. The van der Waals surface area contributed by atoms with Gasteiger partial charge < -0.3 is 15.3 Å². The summed E-state index contributed by atoms with van der Waals surface area (Å²) in [4.78, 5) is 36.4. The summed E-state index contributed by atoms with van der Waals surface area (Å²) < 4.78 is 0.846. The maximum Gasteiger partial charge on any atom is 0.326 e. The summed E-state index contributed by atoms with van der Waals surface area (Å²) in [5.74, 6) is -1.77. The Morgan fingerprint density at radius 2 is 2.09 bits per heavy atom. The first-order chi connectivity index (χ1) is 10.3. The van der Waals surface area contributed by atoms with Gasteiger partial charge in [-0.05, 0) is 24.1 Å². The van der Waals surface area contributed by atoms with Crippen LogP contribution in [0.15, 0.2) is 22.7 Å². The molecule has 2 N–H and O–H groups in total. The number of nitrogens with zero attached hydrogens (tertiary/aromatic N) is 1. The predicted molar refractivity (Wildman–Crippen MR) is 83.1 cm³/mol. The van der Waals surface area contributed by atoms with Gasteiger partial charge in [-0.15, -0.1) is 0 Å². The van der Waals surface area contributed by atoms with E-state index in [4.69, 9.17) is 0 Å². The monoisotopic (exact) mass is 368 g/mol. The maximum absolute atomic E-state index is 12.5. The second-order valence-corrected chi connectivity index (χ2v) is 6.18. The molecule has 1 aliphatic rings. The highest BCUT2D eigenvalue weighted by molar-refractivity contribution is 9.10. The van der Waals surface area contributed by atoms with Crippen molar-refractivity contribution in [1.29, 1.82) is 0 Å². The number of hydrogen-bond donors (Lipinski definition) is 2. The molecule has 2 atom stereocenters. The van der Waals surface area contributed by atoms with Gasteiger partial charge in [0.1, 0.15) is 12.1 Å². The van der Waals surface area contributed by atoms with E-state index < -0.39 is 24.0 Å². The van der Waals surface area contributed by atoms with Crippen LogP contribution in [0.2, 0.25) is 0 Å². The molecule has 0 aromatic heterocycles. The highest BCUT2D eigenvalue weighted by Gasteiger charge is 2.37. The van der Waals surface area contributed by atoms with Gasteiger partial charge >= 0.3 is 5.97 Å². The number of carbonyl (C=O) groups excluding carboxylic acids is 2. The van der Waals surface area contributed by atoms with Gasteiger partial charge in [-0.25, -0.2) is 4.79 Å². The van der Waals surface area contributed by atoms with Crippen LogP contribution in [0.5, 0.6) is 0 Å². The normalized spacial score (nSPS) is 18.3. The van der Waals surface area contributed by atoms with Crippen LogP contribution in [0, 0.1) is 0 Å². The van der Waals surface area contributed by atoms with Crippen molar-refractivity contribution >= 4 is 33.7 Å². The number of fused-ring (bicyclic) bond motifs is 1. The van der Waals surface area contributed by atoms with Gasteiger partial charge in [0.05, 0.1) is 0 Å². The van der Waals surface area contributed by atoms with Crippen molar-refractivity contribution < 1.29 is 19.5 Å². The molecular formula is C15H17BrN2O4. The van der Waals surface area contributed by atoms with Crippen LogP contribution in [0.1, 0.15) is 25.0 Å². The Hall–Kier alpha value is -1.89. The summed E-state index contributed by atoms with van der Waals surface area (Å²) in [5, 5.41) is 11.9. The lowest BCUT2D eigenvalue weighted by Gasteiger charge is -2.36. The lowest BCUT2D eigenvalue weighted by molar-refractivity contribution is -0.152. The number of carboxylic acid groups (broad SMARTS) is 1. The Morgan fingerprint density at radius 1 is 1.41 bits per heavy atom. The van der Waals surface area contributed by atoms with Crippen LogP contribution >= 0.6 is 15.9 Å². The Balaban J connectivity index is 2.31. The molecule has 1 aliphatic heterocycles. The number of halogens is 1. The molecule has 0 radical (unpaired) electrons. The molecule has 1 aromatic carbocycles. The number of carbonyl (C=O) groups is 3. The summed E-state index contributed by atoms with van der Waals surface area (Å²) in [6, 6.07) is 3.89. The second-order valence-electron chi connectivity index (χ2n) is 5.32. The fraction of sp³-hybridized carbons (Fsp3) is 0.400. The second kappa shape index (κ2) is 6.48. The molecule has 0 saturated carbocycles. The van der Waals surface area contributed by atoms with E-state index in [1.807, 2.05) is 18.2 Å². The quantitative estimate of drug-likeness (QED) is 0.841. The number of rotatable bonds is 3. The van der Waals surface area contributed by atoms with Gasteiger partial charge in [0.2, 0.25) is 11.8 Å². The molecule has 0 saturated heterocycles. The molecule has 1 aromatic rings. The first-order valence-electron chi connectivity index (χ1n) is 6.88. The third-order valence-electron chi connectivity index (χ3n) is 3.69. The van der Waals surface area contributed by atoms with Crippen LogP contribution < -0.4 is 5.32 Å². The Bertz CT molecular complexity index is 632. The number of nitrogens with one attached hydrogen (secondary N) is 1. The van der Waals surface area contributed by atoms with Crippen LogP contribution in [0.25, 0.3) is 0 Å². The van der Waals surface area contributed by atoms with E-state index in [0.29, 0.717) is 0 Å². The van der Waals surface area contributed by atoms with E-state index in [-0.39, 0.29) is 18.9 Å². The first-order valence-corrected chi connectivity index (χ1v) is 7.67. The van der Waals surface area contributed by atoms with Crippen molar-refractivity contribution in [3.05, 3.63) is 33.8 Å². The molecule has 1 heterocycles. The van der Waals surface area contributed by atoms with Crippen molar-refractivity contribution in [2.24, 2.45) is 0 Å². The average Bonchev–Trinajstić information content (AvgIpc) is 2.44. The topological polar surface area (TPSA) is 86.7 Å². The summed E-state index contributed by atoms with van der Waals surface area (Å²) in [6.45, 7) is 3.09. The van der Waals surface area contributed by atoms with E-state index in [1.165, 1.54) is 11.8 Å². The Morgan fingerprint density at radius 3 is 2.68 bits per heavy atom. The zero-order chi connectivity index (χ0) is 16.4. The molecule has 0 spiro atoms. The lowest BCUT2D eigenvalue weighted by atomic mass is 9.93. The molecule has 6 nitrogen and oxygen atoms in total. The third kappa shape index (κ3) is 3.30. The summed E-state index contributed by atoms with van der Waals surface area (Å²) in [7, 11) is 0. The van der Waals surface area contributed by atoms with Crippen molar-refractivity contribution in [2.75, 3.05) is 0 Å². The third-order valence-corrected chi connectivity index (χ3v) is 4.43. The Labute approximate surface area is 136 Å². The van der Waals surface area contributed by atoms with Gasteiger partial charge in [-0.1, -0.05) is 28.1 Å². The largest absolute Gasteiger partial charge is 0.480 e. The van der Waals surface area contributed by atoms with Crippen LogP contribution in [-0.2, 0) is 27.3 Å².